The molecule has 13 heavy (non-hydrogen) atoms. The molecule has 0 saturated carbocycles. The normalized spacial score (nSPS) is 10.6. The Balaban J connectivity index is 3.03. The van der Waals surface area contributed by atoms with E-state index in [2.05, 4.69) is 0 Å². The highest BCUT2D eigenvalue weighted by Crippen LogP contribution is 2.18. The Hall–Kier alpha value is -1.28. The lowest BCUT2D eigenvalue weighted by Crippen LogP contribution is -2.05. The number of hydrogen-bond donors (Lipinski definition) is 0. The van der Waals surface area contributed by atoms with E-state index in [0.29, 0.717) is 16.5 Å². The van der Waals surface area contributed by atoms with Gasteiger partial charge in [0.2, 0.25) is 5.22 Å². The van der Waals surface area contributed by atoms with Gasteiger partial charge in [-0.3, -0.25) is 4.79 Å². The fourth-order valence-electron chi connectivity index (χ4n) is 1.21. The Kier molecular flexibility index (Phi) is 1.85. The van der Waals surface area contributed by atoms with Gasteiger partial charge in [0.1, 0.15) is 5.58 Å². The van der Waals surface area contributed by atoms with E-state index in [0.717, 1.165) is 0 Å². The van der Waals surface area contributed by atoms with E-state index in [9.17, 15) is 4.79 Å². The minimum Gasteiger partial charge on any atom is -0.444 e. The Morgan fingerprint density at radius 3 is 2.77 bits per heavy atom. The molecule has 0 atom stereocenters. The monoisotopic (exact) mass is 194 g/mol. The highest BCUT2D eigenvalue weighted by Gasteiger charge is 2.07. The predicted molar refractivity (Wildman–Crippen MR) is 52.2 cm³/mol. The Labute approximate surface area is 79.7 Å². The van der Waals surface area contributed by atoms with E-state index in [-0.39, 0.29) is 10.6 Å². The second-order valence-electron chi connectivity index (χ2n) is 2.83. The summed E-state index contributed by atoms with van der Waals surface area (Å²) in [6.45, 7) is 1.65. The van der Waals surface area contributed by atoms with E-state index in [1.165, 1.54) is 0 Å². The van der Waals surface area contributed by atoms with Crippen molar-refractivity contribution in [2.75, 3.05) is 0 Å². The lowest BCUT2D eigenvalue weighted by atomic mass is 10.2. The first-order chi connectivity index (χ1) is 6.20. The summed E-state index contributed by atoms with van der Waals surface area (Å²) in [5.74, 6) is 0. The second kappa shape index (κ2) is 2.89. The number of hydrogen-bond acceptors (Lipinski definition) is 2. The van der Waals surface area contributed by atoms with Gasteiger partial charge in [0, 0.05) is 0 Å². The van der Waals surface area contributed by atoms with Gasteiger partial charge in [-0.05, 0) is 30.7 Å². The summed E-state index contributed by atoms with van der Waals surface area (Å²) >= 11 is 5.73. The smallest absolute Gasteiger partial charge is 0.200 e. The third-order valence-electron chi connectivity index (χ3n) is 1.97. The van der Waals surface area contributed by atoms with Crippen LogP contribution in [0.25, 0.3) is 11.0 Å². The first kappa shape index (κ1) is 8.32. The average Bonchev–Trinajstić information content (AvgIpc) is 2.15. The third-order valence-corrected chi connectivity index (χ3v) is 2.33. The molecule has 1 heterocycles. The van der Waals surface area contributed by atoms with Crippen molar-refractivity contribution in [1.29, 1.82) is 0 Å². The molecule has 1 aromatic heterocycles. The number of benzene rings is 1. The Bertz CT molecular complexity index is 514. The van der Waals surface area contributed by atoms with Crippen molar-refractivity contribution in [1.82, 2.24) is 0 Å². The van der Waals surface area contributed by atoms with Gasteiger partial charge in [0.25, 0.3) is 0 Å². The molecule has 2 rings (SSSR count). The van der Waals surface area contributed by atoms with Gasteiger partial charge < -0.3 is 4.42 Å². The predicted octanol–water partition coefficient (Wildman–Crippen LogP) is 2.75. The molecule has 1 aromatic carbocycles. The molecule has 0 N–H and O–H groups in total. The average molecular weight is 195 g/mol. The third kappa shape index (κ3) is 1.23. The van der Waals surface area contributed by atoms with Crippen LogP contribution in [0.1, 0.15) is 5.56 Å². The van der Waals surface area contributed by atoms with Gasteiger partial charge in [-0.2, -0.15) is 0 Å². The van der Waals surface area contributed by atoms with Crippen molar-refractivity contribution in [3.63, 3.8) is 0 Å². The maximum absolute atomic E-state index is 11.6. The molecule has 0 aliphatic heterocycles. The van der Waals surface area contributed by atoms with Crippen LogP contribution in [0.15, 0.2) is 33.5 Å². The minimum absolute atomic E-state index is 0.0631. The topological polar surface area (TPSA) is 30.2 Å². The van der Waals surface area contributed by atoms with Gasteiger partial charge >= 0.3 is 0 Å². The lowest BCUT2D eigenvalue weighted by molar-refractivity contribution is 0.599. The molecule has 0 bridgehead atoms. The highest BCUT2D eigenvalue weighted by atomic mass is 35.5. The quantitative estimate of drug-likeness (QED) is 0.646. The zero-order valence-corrected chi connectivity index (χ0v) is 7.76. The van der Waals surface area contributed by atoms with Crippen molar-refractivity contribution in [3.8, 4) is 0 Å². The van der Waals surface area contributed by atoms with Gasteiger partial charge in [-0.15, -0.1) is 0 Å². The number of rotatable bonds is 0. The first-order valence-corrected chi connectivity index (χ1v) is 4.26. The molecule has 0 radical (unpaired) electrons. The summed E-state index contributed by atoms with van der Waals surface area (Å²) in [6, 6.07) is 7.05. The molecule has 0 aliphatic rings. The van der Waals surface area contributed by atoms with Crippen molar-refractivity contribution in [2.45, 2.75) is 6.92 Å². The second-order valence-corrected chi connectivity index (χ2v) is 3.17. The maximum Gasteiger partial charge on any atom is 0.200 e. The summed E-state index contributed by atoms with van der Waals surface area (Å²) in [6.07, 6.45) is 0. The molecule has 0 unspecified atom stereocenters. The van der Waals surface area contributed by atoms with Crippen molar-refractivity contribution in [3.05, 3.63) is 45.3 Å². The van der Waals surface area contributed by atoms with Gasteiger partial charge in [0.15, 0.2) is 5.43 Å². The van der Waals surface area contributed by atoms with Crippen LogP contribution in [-0.4, -0.2) is 0 Å². The summed E-state index contributed by atoms with van der Waals surface area (Å²) in [4.78, 5) is 11.6. The zero-order valence-electron chi connectivity index (χ0n) is 7.00. The maximum atomic E-state index is 11.6. The summed E-state index contributed by atoms with van der Waals surface area (Å²) in [5, 5.41) is 0.744. The molecule has 66 valence electrons. The van der Waals surface area contributed by atoms with Crippen LogP contribution >= 0.6 is 11.6 Å². The molecule has 0 spiro atoms. The van der Waals surface area contributed by atoms with E-state index in [4.69, 9.17) is 16.0 Å². The molecule has 3 heteroatoms. The molecule has 0 fully saturated rings. The van der Waals surface area contributed by atoms with Crippen LogP contribution in [0, 0.1) is 6.92 Å². The number of para-hydroxylation sites is 1. The van der Waals surface area contributed by atoms with Crippen LogP contribution in [0.5, 0.6) is 0 Å². The van der Waals surface area contributed by atoms with Gasteiger partial charge in [0.05, 0.1) is 10.9 Å². The molecular formula is C10H7ClO2. The minimum atomic E-state index is -0.0631. The molecule has 0 aliphatic carbocycles. The summed E-state index contributed by atoms with van der Waals surface area (Å²) < 4.78 is 5.24. The van der Waals surface area contributed by atoms with Crippen molar-refractivity contribution >= 4 is 22.6 Å². The molecular weight excluding hydrogens is 188 g/mol. The van der Waals surface area contributed by atoms with E-state index in [1.54, 1.807) is 31.2 Å². The number of halogens is 1. The van der Waals surface area contributed by atoms with Crippen molar-refractivity contribution in [2.24, 2.45) is 0 Å². The lowest BCUT2D eigenvalue weighted by Gasteiger charge is -1.99. The summed E-state index contributed by atoms with van der Waals surface area (Å²) in [5.41, 5.74) is 0.926. The van der Waals surface area contributed by atoms with E-state index in [1.807, 2.05) is 0 Å². The fraction of sp³-hybridized carbons (Fsp3) is 0.100. The first-order valence-electron chi connectivity index (χ1n) is 3.88. The molecule has 0 amide bonds. The SMILES string of the molecule is Cc1c(Cl)oc2ccccc2c1=O. The van der Waals surface area contributed by atoms with Gasteiger partial charge in [-0.1, -0.05) is 12.1 Å². The Morgan fingerprint density at radius 2 is 2.00 bits per heavy atom. The highest BCUT2D eigenvalue weighted by molar-refractivity contribution is 6.29. The van der Waals surface area contributed by atoms with Crippen LogP contribution in [0.4, 0.5) is 0 Å². The van der Waals surface area contributed by atoms with Crippen LogP contribution in [-0.2, 0) is 0 Å². The van der Waals surface area contributed by atoms with Crippen molar-refractivity contribution < 1.29 is 4.42 Å². The number of fused-ring (bicyclic) bond motifs is 1. The van der Waals surface area contributed by atoms with Crippen LogP contribution < -0.4 is 5.43 Å². The fourth-order valence-corrected chi connectivity index (χ4v) is 1.38. The standard InChI is InChI=1S/C10H7ClO2/c1-6-9(12)7-4-2-3-5-8(7)13-10(6)11/h2-5H,1H3. The van der Waals surface area contributed by atoms with E-state index < -0.39 is 0 Å². The van der Waals surface area contributed by atoms with E-state index >= 15 is 0 Å². The van der Waals surface area contributed by atoms with Crippen LogP contribution in [0.3, 0.4) is 0 Å². The summed E-state index contributed by atoms with van der Waals surface area (Å²) in [7, 11) is 0. The Morgan fingerprint density at radius 1 is 1.31 bits per heavy atom. The molecule has 0 saturated heterocycles. The zero-order chi connectivity index (χ0) is 9.42. The molecule has 2 nitrogen and oxygen atoms in total. The molecule has 2 aromatic rings. The van der Waals surface area contributed by atoms with Crippen LogP contribution in [0.2, 0.25) is 5.22 Å². The largest absolute Gasteiger partial charge is 0.444 e. The van der Waals surface area contributed by atoms with Gasteiger partial charge in [-0.25, -0.2) is 0 Å².